The van der Waals surface area contributed by atoms with Crippen LogP contribution in [-0.2, 0) is 24.8 Å². The number of rotatable bonds is 7. The quantitative estimate of drug-likeness (QED) is 0.325. The highest BCUT2D eigenvalue weighted by atomic mass is 35.5. The number of carbonyl (C=O) groups is 2. The number of amides is 1. The topological polar surface area (TPSA) is 99.5 Å². The van der Waals surface area contributed by atoms with E-state index in [0.717, 1.165) is 73.4 Å². The average Bonchev–Trinajstić information content (AvgIpc) is 3.26. The number of carboxylic acid groups (broad SMARTS) is 1. The SMILES string of the molecule is CNc1cccc(-c2cccc(NC(=O)c3nc4c(n3C)CCN(CC3CCC(C(=O)O)CC3)C4)c2Cl)c1Cl. The summed E-state index contributed by atoms with van der Waals surface area (Å²) in [7, 11) is 3.69. The molecule has 0 atom stereocenters. The molecule has 1 aliphatic carbocycles. The molecule has 3 aromatic rings. The number of carboxylic acids is 1. The molecule has 0 saturated heterocycles. The van der Waals surface area contributed by atoms with Gasteiger partial charge in [0.2, 0.25) is 0 Å². The molecule has 1 fully saturated rings. The van der Waals surface area contributed by atoms with Crippen LogP contribution < -0.4 is 10.6 Å². The average molecular weight is 571 g/mol. The number of imidazole rings is 1. The summed E-state index contributed by atoms with van der Waals surface area (Å²) in [6, 6.07) is 11.2. The summed E-state index contributed by atoms with van der Waals surface area (Å²) in [5.74, 6) is -0.337. The highest BCUT2D eigenvalue weighted by molar-refractivity contribution is 6.39. The molecule has 0 spiro atoms. The maximum absolute atomic E-state index is 13.4. The van der Waals surface area contributed by atoms with Crippen molar-refractivity contribution in [3.8, 4) is 11.1 Å². The molecule has 0 radical (unpaired) electrons. The third kappa shape index (κ3) is 5.64. The Morgan fingerprint density at radius 2 is 1.67 bits per heavy atom. The molecule has 39 heavy (non-hydrogen) atoms. The summed E-state index contributed by atoms with van der Waals surface area (Å²) in [4.78, 5) is 31.7. The molecule has 10 heteroatoms. The van der Waals surface area contributed by atoms with Gasteiger partial charge in [0.15, 0.2) is 5.82 Å². The van der Waals surface area contributed by atoms with Crippen molar-refractivity contribution in [3.63, 3.8) is 0 Å². The number of aliphatic carboxylic acids is 1. The van der Waals surface area contributed by atoms with Crippen molar-refractivity contribution in [1.29, 1.82) is 0 Å². The molecule has 0 unspecified atom stereocenters. The van der Waals surface area contributed by atoms with Gasteiger partial charge in [0, 0.05) is 57.0 Å². The van der Waals surface area contributed by atoms with Gasteiger partial charge in [-0.15, -0.1) is 0 Å². The normalized spacial score (nSPS) is 19.4. The van der Waals surface area contributed by atoms with E-state index in [0.29, 0.717) is 34.0 Å². The van der Waals surface area contributed by atoms with Crippen LogP contribution in [0.3, 0.4) is 0 Å². The van der Waals surface area contributed by atoms with E-state index in [1.165, 1.54) is 0 Å². The number of fused-ring (bicyclic) bond motifs is 1. The molecule has 5 rings (SSSR count). The van der Waals surface area contributed by atoms with Crippen molar-refractivity contribution in [1.82, 2.24) is 14.5 Å². The zero-order valence-corrected chi connectivity index (χ0v) is 23.6. The van der Waals surface area contributed by atoms with Crippen molar-refractivity contribution in [3.05, 3.63) is 63.7 Å². The van der Waals surface area contributed by atoms with Crippen LogP contribution in [0.15, 0.2) is 36.4 Å². The summed E-state index contributed by atoms with van der Waals surface area (Å²) < 4.78 is 1.88. The number of benzene rings is 2. The van der Waals surface area contributed by atoms with Gasteiger partial charge in [-0.25, -0.2) is 4.98 Å². The molecule has 3 N–H and O–H groups in total. The van der Waals surface area contributed by atoms with E-state index < -0.39 is 5.97 Å². The van der Waals surface area contributed by atoms with Crippen molar-refractivity contribution >= 4 is 46.5 Å². The van der Waals surface area contributed by atoms with Gasteiger partial charge in [-0.1, -0.05) is 47.5 Å². The summed E-state index contributed by atoms with van der Waals surface area (Å²) in [6.45, 7) is 2.52. The first-order valence-corrected chi connectivity index (χ1v) is 14.1. The Balaban J connectivity index is 1.29. The lowest BCUT2D eigenvalue weighted by Gasteiger charge is -2.33. The summed E-state index contributed by atoms with van der Waals surface area (Å²) in [5, 5.41) is 16.3. The zero-order chi connectivity index (χ0) is 27.7. The van der Waals surface area contributed by atoms with Crippen LogP contribution in [0, 0.1) is 11.8 Å². The molecule has 1 saturated carbocycles. The Morgan fingerprint density at radius 1 is 1.03 bits per heavy atom. The smallest absolute Gasteiger partial charge is 0.306 e. The van der Waals surface area contributed by atoms with Gasteiger partial charge < -0.3 is 20.3 Å². The van der Waals surface area contributed by atoms with Crippen LogP contribution in [0.2, 0.25) is 10.0 Å². The molecule has 1 aliphatic heterocycles. The molecular formula is C29H33Cl2N5O3. The number of carbonyl (C=O) groups excluding carboxylic acids is 1. The molecule has 8 nitrogen and oxygen atoms in total. The van der Waals surface area contributed by atoms with Crippen molar-refractivity contribution in [2.45, 2.75) is 38.6 Å². The molecule has 2 aromatic carbocycles. The number of nitrogens with zero attached hydrogens (tertiary/aromatic N) is 3. The summed E-state index contributed by atoms with van der Waals surface area (Å²) in [5.41, 5.74) is 4.77. The molecule has 2 heterocycles. The minimum absolute atomic E-state index is 0.198. The number of anilines is 2. The van der Waals surface area contributed by atoms with Gasteiger partial charge in [-0.3, -0.25) is 14.5 Å². The predicted molar refractivity (Wildman–Crippen MR) is 155 cm³/mol. The van der Waals surface area contributed by atoms with Crippen LogP contribution in [0.4, 0.5) is 11.4 Å². The second-order valence-electron chi connectivity index (χ2n) is 10.5. The minimum Gasteiger partial charge on any atom is -0.481 e. The van der Waals surface area contributed by atoms with Gasteiger partial charge in [0.05, 0.1) is 33.0 Å². The van der Waals surface area contributed by atoms with E-state index in [1.807, 2.05) is 41.9 Å². The third-order valence-electron chi connectivity index (χ3n) is 8.06. The van der Waals surface area contributed by atoms with E-state index >= 15 is 0 Å². The first kappa shape index (κ1) is 27.5. The second kappa shape index (κ2) is 11.6. The van der Waals surface area contributed by atoms with Gasteiger partial charge in [0.1, 0.15) is 0 Å². The van der Waals surface area contributed by atoms with Crippen molar-refractivity contribution in [2.24, 2.45) is 18.9 Å². The number of nitrogens with one attached hydrogen (secondary N) is 2. The molecule has 1 aromatic heterocycles. The molecular weight excluding hydrogens is 537 g/mol. The fourth-order valence-corrected chi connectivity index (χ4v) is 6.44. The van der Waals surface area contributed by atoms with Crippen molar-refractivity contribution in [2.75, 3.05) is 30.8 Å². The highest BCUT2D eigenvalue weighted by Crippen LogP contribution is 2.40. The molecule has 0 bridgehead atoms. The Bertz CT molecular complexity index is 1400. The standard InChI is InChI=1S/C29H33Cl2N5O3/c1-32-21-7-3-5-19(25(21)30)20-6-4-8-22(26(20)31)34-28(37)27-33-23-16-36(14-13-24(23)35(27)2)15-17-9-11-18(12-10-17)29(38)39/h3-8,17-18,32H,9-16H2,1-2H3,(H,34,37)(H,38,39). The lowest BCUT2D eigenvalue weighted by atomic mass is 9.81. The molecule has 2 aliphatic rings. The maximum Gasteiger partial charge on any atom is 0.306 e. The van der Waals surface area contributed by atoms with Crippen LogP contribution in [0.25, 0.3) is 11.1 Å². The van der Waals surface area contributed by atoms with E-state index in [-0.39, 0.29) is 11.8 Å². The van der Waals surface area contributed by atoms with Gasteiger partial charge in [-0.2, -0.15) is 0 Å². The van der Waals surface area contributed by atoms with Gasteiger partial charge in [-0.05, 0) is 43.7 Å². The highest BCUT2D eigenvalue weighted by Gasteiger charge is 2.30. The Morgan fingerprint density at radius 3 is 2.31 bits per heavy atom. The second-order valence-corrected chi connectivity index (χ2v) is 11.2. The minimum atomic E-state index is -0.671. The van der Waals surface area contributed by atoms with E-state index in [2.05, 4.69) is 15.5 Å². The van der Waals surface area contributed by atoms with Crippen LogP contribution in [-0.4, -0.2) is 51.6 Å². The lowest BCUT2D eigenvalue weighted by molar-refractivity contribution is -0.143. The molecule has 1 amide bonds. The zero-order valence-electron chi connectivity index (χ0n) is 22.1. The number of aromatic nitrogens is 2. The fraction of sp³-hybridized carbons (Fsp3) is 0.414. The van der Waals surface area contributed by atoms with E-state index in [4.69, 9.17) is 28.2 Å². The summed E-state index contributed by atoms with van der Waals surface area (Å²) >= 11 is 13.4. The first-order chi connectivity index (χ1) is 18.8. The van der Waals surface area contributed by atoms with Gasteiger partial charge in [0.25, 0.3) is 5.91 Å². The Hall–Kier alpha value is -3.07. The molecule has 206 valence electrons. The lowest BCUT2D eigenvalue weighted by Crippen LogP contribution is -2.36. The van der Waals surface area contributed by atoms with Crippen molar-refractivity contribution < 1.29 is 14.7 Å². The number of hydrogen-bond donors (Lipinski definition) is 3. The predicted octanol–water partition coefficient (Wildman–Crippen LogP) is 5.94. The largest absolute Gasteiger partial charge is 0.481 e. The van der Waals surface area contributed by atoms with Crippen LogP contribution in [0.1, 0.15) is 47.7 Å². The number of halogens is 2. The maximum atomic E-state index is 13.4. The fourth-order valence-electron chi connectivity index (χ4n) is 5.85. The van der Waals surface area contributed by atoms with E-state index in [9.17, 15) is 14.7 Å². The third-order valence-corrected chi connectivity index (χ3v) is 8.87. The van der Waals surface area contributed by atoms with E-state index in [1.54, 1.807) is 13.1 Å². The Labute approximate surface area is 238 Å². The van der Waals surface area contributed by atoms with Gasteiger partial charge >= 0.3 is 5.97 Å². The monoisotopic (exact) mass is 569 g/mol. The van der Waals surface area contributed by atoms with Crippen LogP contribution in [0.5, 0.6) is 0 Å². The van der Waals surface area contributed by atoms with Crippen LogP contribution >= 0.6 is 23.2 Å². The Kier molecular flexibility index (Phi) is 8.16. The number of hydrogen-bond acceptors (Lipinski definition) is 5. The summed E-state index contributed by atoms with van der Waals surface area (Å²) in [6.07, 6.45) is 4.21. The first-order valence-electron chi connectivity index (χ1n) is 13.3.